The third-order valence-electron chi connectivity index (χ3n) is 4.07. The Hall–Kier alpha value is -2.22. The van der Waals surface area contributed by atoms with Crippen molar-refractivity contribution in [3.63, 3.8) is 0 Å². The van der Waals surface area contributed by atoms with Gasteiger partial charge in [0.2, 0.25) is 5.69 Å². The predicted molar refractivity (Wildman–Crippen MR) is 99.6 cm³/mol. The second kappa shape index (κ2) is 7.77. The number of hydrogen-bond donors (Lipinski definition) is 1. The first-order valence-corrected chi connectivity index (χ1v) is 8.45. The first-order valence-electron chi connectivity index (χ1n) is 7.54. The van der Waals surface area contributed by atoms with Crippen LogP contribution in [-0.2, 0) is 5.41 Å². The molecule has 4 nitrogen and oxygen atoms in total. The van der Waals surface area contributed by atoms with Gasteiger partial charge in [-0.15, -0.1) is 11.6 Å². The van der Waals surface area contributed by atoms with Crippen LogP contribution in [0.5, 0.6) is 11.5 Å². The van der Waals surface area contributed by atoms with Gasteiger partial charge in [0.25, 0.3) is 0 Å². The molecule has 0 aliphatic heterocycles. The number of aldehydes is 1. The number of hydrogen-bond acceptors (Lipinski definition) is 3. The van der Waals surface area contributed by atoms with Gasteiger partial charge in [0, 0.05) is 5.41 Å². The van der Waals surface area contributed by atoms with Crippen molar-refractivity contribution in [3.05, 3.63) is 63.5 Å². The number of alkyl halides is 1. The van der Waals surface area contributed by atoms with E-state index >= 15 is 0 Å². The van der Waals surface area contributed by atoms with Crippen LogP contribution in [-0.4, -0.2) is 23.9 Å². The Labute approximate surface area is 156 Å². The highest BCUT2D eigenvalue weighted by atomic mass is 35.5. The summed E-state index contributed by atoms with van der Waals surface area (Å²) < 4.78 is 5.48. The molecule has 2 aromatic carbocycles. The van der Waals surface area contributed by atoms with Crippen molar-refractivity contribution in [2.75, 3.05) is 12.5 Å². The fraction of sp³-hybridized carbons (Fsp3) is 0.263. The Morgan fingerprint density at radius 3 is 2.60 bits per heavy atom. The summed E-state index contributed by atoms with van der Waals surface area (Å²) in [7, 11) is 0. The molecule has 0 bridgehead atoms. The molecule has 2 aromatic rings. The Bertz CT molecular complexity index is 841. The van der Waals surface area contributed by atoms with Gasteiger partial charge in [-0.2, -0.15) is 0 Å². The predicted octanol–water partition coefficient (Wildman–Crippen LogP) is 5.35. The van der Waals surface area contributed by atoms with Gasteiger partial charge in [0.15, 0.2) is 6.29 Å². The molecule has 0 amide bonds. The Kier molecular flexibility index (Phi) is 5.94. The molecular weight excluding hydrogens is 361 g/mol. The van der Waals surface area contributed by atoms with Crippen LogP contribution in [0.25, 0.3) is 4.85 Å². The van der Waals surface area contributed by atoms with Gasteiger partial charge in [-0.3, -0.25) is 4.79 Å². The van der Waals surface area contributed by atoms with Crippen molar-refractivity contribution < 1.29 is 14.6 Å². The summed E-state index contributed by atoms with van der Waals surface area (Å²) in [6, 6.07) is 8.32. The third-order valence-corrected chi connectivity index (χ3v) is 4.50. The Morgan fingerprint density at radius 1 is 1.28 bits per heavy atom. The van der Waals surface area contributed by atoms with E-state index in [2.05, 4.69) is 4.85 Å². The number of ether oxygens (including phenoxy) is 1. The smallest absolute Gasteiger partial charge is 0.229 e. The quantitative estimate of drug-likeness (QED) is 0.419. The van der Waals surface area contributed by atoms with E-state index in [0.717, 1.165) is 11.1 Å². The molecule has 0 atom stereocenters. The molecule has 130 valence electrons. The van der Waals surface area contributed by atoms with E-state index in [1.165, 1.54) is 6.07 Å². The molecule has 1 N–H and O–H groups in total. The summed E-state index contributed by atoms with van der Waals surface area (Å²) in [5, 5.41) is 10.0. The average Bonchev–Trinajstić information content (AvgIpc) is 2.60. The van der Waals surface area contributed by atoms with Gasteiger partial charge in [-0.25, -0.2) is 4.85 Å². The number of rotatable bonds is 6. The average molecular weight is 378 g/mol. The van der Waals surface area contributed by atoms with Crippen molar-refractivity contribution in [1.82, 2.24) is 0 Å². The molecule has 0 aromatic heterocycles. The molecule has 0 spiro atoms. The normalized spacial score (nSPS) is 11.0. The first-order chi connectivity index (χ1) is 11.8. The second-order valence-electron chi connectivity index (χ2n) is 5.97. The molecule has 0 aliphatic rings. The molecule has 0 unspecified atom stereocenters. The lowest BCUT2D eigenvalue weighted by atomic mass is 9.77. The zero-order chi connectivity index (χ0) is 18.6. The minimum absolute atomic E-state index is 0.0701. The second-order valence-corrected chi connectivity index (χ2v) is 6.76. The molecule has 2 rings (SSSR count). The van der Waals surface area contributed by atoms with E-state index in [1.807, 2.05) is 13.8 Å². The number of aromatic hydroxyl groups is 1. The van der Waals surface area contributed by atoms with Crippen LogP contribution < -0.4 is 4.74 Å². The Morgan fingerprint density at radius 2 is 2.00 bits per heavy atom. The highest BCUT2D eigenvalue weighted by molar-refractivity contribution is 6.32. The van der Waals surface area contributed by atoms with E-state index < -0.39 is 5.41 Å². The number of carbonyl (C=O) groups excluding carboxylic acids is 1. The molecular formula is C19H17Cl2NO3. The molecule has 0 fully saturated rings. The summed E-state index contributed by atoms with van der Waals surface area (Å²) in [6.45, 7) is 11.5. The molecule has 0 saturated carbocycles. The van der Waals surface area contributed by atoms with Gasteiger partial charge in [-0.05, 0) is 35.4 Å². The van der Waals surface area contributed by atoms with E-state index in [4.69, 9.17) is 34.5 Å². The van der Waals surface area contributed by atoms with Crippen molar-refractivity contribution in [3.8, 4) is 11.5 Å². The number of phenolic OH excluding ortho intramolecular Hbond substituents is 1. The summed E-state index contributed by atoms with van der Waals surface area (Å²) in [4.78, 5) is 14.6. The maximum atomic E-state index is 11.1. The zero-order valence-corrected chi connectivity index (χ0v) is 15.4. The lowest BCUT2D eigenvalue weighted by Crippen LogP contribution is -2.19. The first kappa shape index (κ1) is 19.1. The van der Waals surface area contributed by atoms with Crippen molar-refractivity contribution in [2.24, 2.45) is 0 Å². The van der Waals surface area contributed by atoms with Gasteiger partial charge in [-0.1, -0.05) is 31.5 Å². The van der Waals surface area contributed by atoms with Crippen LogP contribution in [0.1, 0.15) is 35.3 Å². The zero-order valence-electron chi connectivity index (χ0n) is 13.8. The van der Waals surface area contributed by atoms with E-state index in [9.17, 15) is 9.90 Å². The van der Waals surface area contributed by atoms with Gasteiger partial charge in [0.1, 0.15) is 11.5 Å². The van der Waals surface area contributed by atoms with Gasteiger partial charge < -0.3 is 9.84 Å². The summed E-state index contributed by atoms with van der Waals surface area (Å²) in [6.07, 6.45) is 0.607. The summed E-state index contributed by atoms with van der Waals surface area (Å²) in [5.74, 6) is 0.540. The van der Waals surface area contributed by atoms with Crippen LogP contribution in [0, 0.1) is 6.57 Å². The van der Waals surface area contributed by atoms with E-state index in [1.54, 1.807) is 24.3 Å². The molecule has 0 heterocycles. The number of benzene rings is 2. The fourth-order valence-corrected chi connectivity index (χ4v) is 2.86. The number of phenols is 1. The van der Waals surface area contributed by atoms with Crippen LogP contribution in [0.15, 0.2) is 30.3 Å². The minimum Gasteiger partial charge on any atom is -0.507 e. The van der Waals surface area contributed by atoms with Gasteiger partial charge >= 0.3 is 0 Å². The molecule has 6 heteroatoms. The molecule has 0 saturated heterocycles. The highest BCUT2D eigenvalue weighted by Gasteiger charge is 2.26. The maximum absolute atomic E-state index is 11.1. The fourth-order valence-electron chi connectivity index (χ4n) is 2.51. The van der Waals surface area contributed by atoms with Crippen LogP contribution in [0.3, 0.4) is 0 Å². The van der Waals surface area contributed by atoms with Crippen LogP contribution in [0.4, 0.5) is 5.69 Å². The Balaban J connectivity index is 2.54. The minimum atomic E-state index is -0.542. The summed E-state index contributed by atoms with van der Waals surface area (Å²) >= 11 is 11.9. The van der Waals surface area contributed by atoms with Crippen LogP contribution in [0.2, 0.25) is 5.02 Å². The van der Waals surface area contributed by atoms with Crippen molar-refractivity contribution in [1.29, 1.82) is 0 Å². The van der Waals surface area contributed by atoms with Gasteiger partial charge in [0.05, 0.1) is 29.6 Å². The standard InChI is InChI=1S/C19H17Cl2NO3/c1-19(2,13-4-5-17(24)12(8-13)11-23)14-9-15(21)18(25-7-6-20)16(10-14)22-3/h4-5,8-11,24H,6-7H2,1-2H3. The molecule has 25 heavy (non-hydrogen) atoms. The molecule has 0 aliphatic carbocycles. The SMILES string of the molecule is [C-]#[N+]c1cc(C(C)(C)c2ccc(O)c(C=O)c2)cc(Cl)c1OCCCl. The lowest BCUT2D eigenvalue weighted by molar-refractivity contribution is 0.112. The highest BCUT2D eigenvalue weighted by Crippen LogP contribution is 2.42. The maximum Gasteiger partial charge on any atom is 0.229 e. The monoisotopic (exact) mass is 377 g/mol. The number of halogens is 2. The van der Waals surface area contributed by atoms with Crippen molar-refractivity contribution >= 4 is 35.2 Å². The number of carbonyl (C=O) groups is 1. The largest absolute Gasteiger partial charge is 0.507 e. The van der Waals surface area contributed by atoms with E-state index in [0.29, 0.717) is 28.6 Å². The molecule has 0 radical (unpaired) electrons. The lowest BCUT2D eigenvalue weighted by Gasteiger charge is -2.27. The van der Waals surface area contributed by atoms with E-state index in [-0.39, 0.29) is 17.9 Å². The topological polar surface area (TPSA) is 50.9 Å². The summed E-state index contributed by atoms with van der Waals surface area (Å²) in [5.41, 5.74) is 1.58. The third kappa shape index (κ3) is 3.89. The van der Waals surface area contributed by atoms with Crippen molar-refractivity contribution in [2.45, 2.75) is 19.3 Å². The van der Waals surface area contributed by atoms with Crippen LogP contribution >= 0.6 is 23.2 Å². The number of nitrogens with zero attached hydrogens (tertiary/aromatic N) is 1.